The van der Waals surface area contributed by atoms with Gasteiger partial charge in [-0.1, -0.05) is 19.1 Å². The summed E-state index contributed by atoms with van der Waals surface area (Å²) in [6, 6.07) is 6.43. The van der Waals surface area contributed by atoms with Crippen LogP contribution < -0.4 is 4.72 Å². The molecular formula is C13H20N2O3S. The minimum Gasteiger partial charge on any atom is -0.623 e. The molecule has 0 saturated carbocycles. The summed E-state index contributed by atoms with van der Waals surface area (Å²) in [4.78, 5) is 0.113. The van der Waals surface area contributed by atoms with Gasteiger partial charge in [-0.05, 0) is 12.1 Å². The van der Waals surface area contributed by atoms with Gasteiger partial charge in [-0.3, -0.25) is 0 Å². The molecular weight excluding hydrogens is 264 g/mol. The normalized spacial score (nSPS) is 13.6. The fraction of sp³-hybridized carbons (Fsp3) is 0.462. The van der Waals surface area contributed by atoms with Crippen LogP contribution in [0.4, 0.5) is 0 Å². The van der Waals surface area contributed by atoms with Gasteiger partial charge in [-0.2, -0.15) is 0 Å². The van der Waals surface area contributed by atoms with Crippen molar-refractivity contribution in [3.63, 3.8) is 0 Å². The highest BCUT2D eigenvalue weighted by Gasteiger charge is 2.21. The van der Waals surface area contributed by atoms with Gasteiger partial charge in [0.2, 0.25) is 10.0 Å². The average molecular weight is 284 g/mol. The van der Waals surface area contributed by atoms with E-state index in [9.17, 15) is 13.6 Å². The number of nitrogens with one attached hydrogen (secondary N) is 1. The standard InChI is InChI=1S/C13H20N2O3S/c1-5-14-19(17,18)12-9-7-6-8-11(12)10-15(16)13(2,3)4/h6-10,14H,5H2,1-4H3/b15-10-. The van der Waals surface area contributed by atoms with Crippen LogP contribution in [0.15, 0.2) is 29.2 Å². The van der Waals surface area contributed by atoms with Crippen LogP contribution in [0.3, 0.4) is 0 Å². The van der Waals surface area contributed by atoms with E-state index in [1.165, 1.54) is 12.3 Å². The third kappa shape index (κ3) is 4.04. The van der Waals surface area contributed by atoms with Crippen LogP contribution in [0, 0.1) is 5.21 Å². The van der Waals surface area contributed by atoms with Crippen LogP contribution in [0.25, 0.3) is 0 Å². The lowest BCUT2D eigenvalue weighted by Crippen LogP contribution is -2.30. The number of benzene rings is 1. The Morgan fingerprint density at radius 1 is 1.32 bits per heavy atom. The minimum absolute atomic E-state index is 0.113. The van der Waals surface area contributed by atoms with Crippen molar-refractivity contribution in [1.82, 2.24) is 4.72 Å². The summed E-state index contributed by atoms with van der Waals surface area (Å²) in [6.45, 7) is 7.30. The molecule has 0 radical (unpaired) electrons. The lowest BCUT2D eigenvalue weighted by Gasteiger charge is -2.19. The SMILES string of the molecule is CCNS(=O)(=O)c1ccccc1/C=[N+](\[O-])C(C)(C)C. The molecule has 1 rings (SSSR count). The highest BCUT2D eigenvalue weighted by atomic mass is 32.2. The zero-order valence-corrected chi connectivity index (χ0v) is 12.5. The first kappa shape index (κ1) is 15.7. The number of hydroxylamine groups is 1. The quantitative estimate of drug-likeness (QED) is 0.396. The molecule has 106 valence electrons. The fourth-order valence-corrected chi connectivity index (χ4v) is 2.64. The topological polar surface area (TPSA) is 72.2 Å². The first-order valence-electron chi connectivity index (χ1n) is 6.08. The van der Waals surface area contributed by atoms with Gasteiger partial charge in [0.15, 0.2) is 11.8 Å². The van der Waals surface area contributed by atoms with E-state index in [-0.39, 0.29) is 4.90 Å². The van der Waals surface area contributed by atoms with Crippen LogP contribution in [0.1, 0.15) is 33.3 Å². The molecule has 6 heteroatoms. The maximum atomic E-state index is 12.0. The Morgan fingerprint density at radius 2 is 1.89 bits per heavy atom. The average Bonchev–Trinajstić information content (AvgIpc) is 2.28. The van der Waals surface area contributed by atoms with E-state index in [1.54, 1.807) is 45.9 Å². The van der Waals surface area contributed by atoms with Crippen molar-refractivity contribution in [1.29, 1.82) is 0 Å². The predicted molar refractivity (Wildman–Crippen MR) is 75.9 cm³/mol. The zero-order chi connectivity index (χ0) is 14.7. The van der Waals surface area contributed by atoms with Gasteiger partial charge in [-0.15, -0.1) is 0 Å². The predicted octanol–water partition coefficient (Wildman–Crippen LogP) is 1.71. The molecule has 0 saturated heterocycles. The Balaban J connectivity index is 3.33. The van der Waals surface area contributed by atoms with Crippen LogP contribution >= 0.6 is 0 Å². The van der Waals surface area contributed by atoms with Gasteiger partial charge in [0.25, 0.3) is 0 Å². The Labute approximate surface area is 114 Å². The van der Waals surface area contributed by atoms with Crippen LogP contribution in [0.5, 0.6) is 0 Å². The van der Waals surface area contributed by atoms with Gasteiger partial charge in [-0.25, -0.2) is 17.9 Å². The molecule has 0 amide bonds. The van der Waals surface area contributed by atoms with Crippen molar-refractivity contribution >= 4 is 16.2 Å². The summed E-state index contributed by atoms with van der Waals surface area (Å²) in [5.74, 6) is 0. The summed E-state index contributed by atoms with van der Waals surface area (Å²) in [7, 11) is -3.58. The highest BCUT2D eigenvalue weighted by Crippen LogP contribution is 2.14. The van der Waals surface area contributed by atoms with Gasteiger partial charge in [0, 0.05) is 27.3 Å². The Hall–Kier alpha value is -1.40. The van der Waals surface area contributed by atoms with Crippen molar-refractivity contribution in [3.8, 4) is 0 Å². The second-order valence-electron chi connectivity index (χ2n) is 5.16. The van der Waals surface area contributed by atoms with Gasteiger partial charge in [0.05, 0.1) is 10.5 Å². The van der Waals surface area contributed by atoms with Gasteiger partial charge in [0.1, 0.15) is 0 Å². The van der Waals surface area contributed by atoms with Crippen LogP contribution in [-0.2, 0) is 10.0 Å². The van der Waals surface area contributed by atoms with Crippen molar-refractivity contribution in [2.75, 3.05) is 6.54 Å². The van der Waals surface area contributed by atoms with E-state index in [0.717, 1.165) is 4.74 Å². The molecule has 0 aromatic heterocycles. The third-order valence-electron chi connectivity index (χ3n) is 2.46. The molecule has 5 nitrogen and oxygen atoms in total. The Bertz CT molecular complexity index is 572. The molecule has 0 spiro atoms. The number of hydrogen-bond acceptors (Lipinski definition) is 3. The molecule has 0 heterocycles. The molecule has 1 aromatic rings. The first-order valence-corrected chi connectivity index (χ1v) is 7.57. The summed E-state index contributed by atoms with van der Waals surface area (Å²) >= 11 is 0. The monoisotopic (exact) mass is 284 g/mol. The molecule has 0 atom stereocenters. The molecule has 0 aliphatic rings. The van der Waals surface area contributed by atoms with Crippen LogP contribution in [-0.4, -0.2) is 31.5 Å². The Morgan fingerprint density at radius 3 is 2.42 bits per heavy atom. The summed E-state index contributed by atoms with van der Waals surface area (Å²) in [5, 5.41) is 11.9. The lowest BCUT2D eigenvalue weighted by molar-refractivity contribution is -0.530. The van der Waals surface area contributed by atoms with E-state index < -0.39 is 15.6 Å². The van der Waals surface area contributed by atoms with Crippen LogP contribution in [0.2, 0.25) is 0 Å². The molecule has 0 aliphatic carbocycles. The van der Waals surface area contributed by atoms with Gasteiger partial charge >= 0.3 is 0 Å². The zero-order valence-electron chi connectivity index (χ0n) is 11.7. The number of rotatable bonds is 4. The molecule has 0 aliphatic heterocycles. The maximum absolute atomic E-state index is 12.0. The second-order valence-corrected chi connectivity index (χ2v) is 6.90. The molecule has 0 bridgehead atoms. The molecule has 0 unspecified atom stereocenters. The first-order chi connectivity index (χ1) is 8.68. The van der Waals surface area contributed by atoms with Gasteiger partial charge < -0.3 is 5.21 Å². The van der Waals surface area contributed by atoms with Crippen molar-refractivity contribution in [2.24, 2.45) is 0 Å². The molecule has 1 aromatic carbocycles. The van der Waals surface area contributed by atoms with E-state index in [0.29, 0.717) is 12.1 Å². The molecule has 1 N–H and O–H groups in total. The Kier molecular flexibility index (Phi) is 4.70. The number of hydrogen-bond donors (Lipinski definition) is 1. The van der Waals surface area contributed by atoms with E-state index in [2.05, 4.69) is 4.72 Å². The number of sulfonamides is 1. The third-order valence-corrected chi connectivity index (χ3v) is 4.08. The second kappa shape index (κ2) is 5.71. The largest absolute Gasteiger partial charge is 0.623 e. The summed E-state index contributed by atoms with van der Waals surface area (Å²) < 4.78 is 27.2. The van der Waals surface area contributed by atoms with E-state index >= 15 is 0 Å². The van der Waals surface area contributed by atoms with E-state index in [1.807, 2.05) is 0 Å². The fourth-order valence-electron chi connectivity index (χ4n) is 1.42. The highest BCUT2D eigenvalue weighted by molar-refractivity contribution is 7.89. The van der Waals surface area contributed by atoms with Crippen molar-refractivity contribution in [2.45, 2.75) is 38.1 Å². The summed E-state index contributed by atoms with van der Waals surface area (Å²) in [5.41, 5.74) is -0.233. The van der Waals surface area contributed by atoms with Crippen molar-refractivity contribution in [3.05, 3.63) is 35.0 Å². The molecule has 0 fully saturated rings. The lowest BCUT2D eigenvalue weighted by atomic mass is 10.1. The molecule has 19 heavy (non-hydrogen) atoms. The smallest absolute Gasteiger partial charge is 0.241 e. The maximum Gasteiger partial charge on any atom is 0.241 e. The summed E-state index contributed by atoms with van der Waals surface area (Å²) in [6.07, 6.45) is 1.31. The minimum atomic E-state index is -3.58. The number of nitrogens with zero attached hydrogens (tertiary/aromatic N) is 1. The van der Waals surface area contributed by atoms with E-state index in [4.69, 9.17) is 0 Å². The van der Waals surface area contributed by atoms with Crippen molar-refractivity contribution < 1.29 is 13.2 Å².